The summed E-state index contributed by atoms with van der Waals surface area (Å²) in [6, 6.07) is 9.41. The lowest BCUT2D eigenvalue weighted by molar-refractivity contribution is 0.461. The zero-order valence-corrected chi connectivity index (χ0v) is 10.2. The number of aromatic nitrogens is 2. The molecule has 90 valence electrons. The molecule has 1 aromatic carbocycles. The molecule has 1 aromatic heterocycles. The molecule has 5 nitrogen and oxygen atoms in total. The van der Waals surface area contributed by atoms with Crippen molar-refractivity contribution in [3.05, 3.63) is 48.3 Å². The second kappa shape index (κ2) is 4.68. The zero-order chi connectivity index (χ0) is 12.3. The van der Waals surface area contributed by atoms with Crippen LogP contribution in [0.3, 0.4) is 0 Å². The number of imidazole rings is 1. The fourth-order valence-electron chi connectivity index (χ4n) is 1.46. The molecule has 1 N–H and O–H groups in total. The minimum atomic E-state index is -3.53. The number of rotatable bonds is 4. The lowest BCUT2D eigenvalue weighted by Gasteiger charge is -2.15. The molecule has 0 bridgehead atoms. The predicted molar refractivity (Wildman–Crippen MR) is 63.7 cm³/mol. The first kappa shape index (κ1) is 11.8. The molecule has 0 amide bonds. The van der Waals surface area contributed by atoms with Gasteiger partial charge in [-0.25, -0.2) is 13.4 Å². The summed E-state index contributed by atoms with van der Waals surface area (Å²) in [4.78, 5) is 6.37. The van der Waals surface area contributed by atoms with Crippen LogP contribution in [0.15, 0.2) is 47.9 Å². The number of benzene rings is 1. The average Bonchev–Trinajstić information content (AvgIpc) is 2.84. The molecule has 17 heavy (non-hydrogen) atoms. The maximum atomic E-state index is 12.0. The van der Waals surface area contributed by atoms with Gasteiger partial charge in [0.1, 0.15) is 0 Å². The van der Waals surface area contributed by atoms with Gasteiger partial charge in [-0.2, -0.15) is 4.31 Å². The first-order valence-corrected chi connectivity index (χ1v) is 6.54. The molecule has 6 heteroatoms. The normalized spacial score (nSPS) is 11.9. The Bertz CT molecular complexity index is 564. The molecule has 0 fully saturated rings. The highest BCUT2D eigenvalue weighted by Gasteiger charge is 2.22. The molecule has 0 spiro atoms. The highest BCUT2D eigenvalue weighted by atomic mass is 32.2. The molecule has 2 rings (SSSR count). The Morgan fingerprint density at radius 3 is 2.59 bits per heavy atom. The van der Waals surface area contributed by atoms with E-state index in [1.807, 2.05) is 30.3 Å². The number of aromatic amines is 1. The van der Waals surface area contributed by atoms with Crippen molar-refractivity contribution in [1.82, 2.24) is 14.3 Å². The van der Waals surface area contributed by atoms with Crippen LogP contribution in [0.5, 0.6) is 0 Å². The molecule has 0 atom stereocenters. The van der Waals surface area contributed by atoms with E-state index in [1.165, 1.54) is 23.7 Å². The Morgan fingerprint density at radius 1 is 1.29 bits per heavy atom. The monoisotopic (exact) mass is 251 g/mol. The second-order valence-electron chi connectivity index (χ2n) is 3.64. The smallest absolute Gasteiger partial charge is 0.276 e. The van der Waals surface area contributed by atoms with E-state index in [2.05, 4.69) is 9.97 Å². The van der Waals surface area contributed by atoms with Crippen LogP contribution in [0.1, 0.15) is 5.56 Å². The van der Waals surface area contributed by atoms with Gasteiger partial charge in [0, 0.05) is 26.0 Å². The van der Waals surface area contributed by atoms with E-state index in [9.17, 15) is 8.42 Å². The van der Waals surface area contributed by atoms with E-state index < -0.39 is 10.0 Å². The van der Waals surface area contributed by atoms with E-state index >= 15 is 0 Å². The largest absolute Gasteiger partial charge is 0.334 e. The minimum Gasteiger partial charge on any atom is -0.334 e. The molecular formula is C11H13N3O2S. The number of sulfonamides is 1. The third-order valence-corrected chi connectivity index (χ3v) is 4.04. The molecule has 0 aliphatic heterocycles. The lowest BCUT2D eigenvalue weighted by atomic mass is 10.2. The Labute approximate surface area is 100 Å². The second-order valence-corrected chi connectivity index (χ2v) is 5.60. The van der Waals surface area contributed by atoms with Crippen molar-refractivity contribution >= 4 is 10.0 Å². The van der Waals surface area contributed by atoms with Crippen LogP contribution in [0.2, 0.25) is 0 Å². The van der Waals surface area contributed by atoms with E-state index in [0.717, 1.165) is 5.56 Å². The summed E-state index contributed by atoms with van der Waals surface area (Å²) < 4.78 is 25.3. The van der Waals surface area contributed by atoms with Gasteiger partial charge in [0.2, 0.25) is 5.16 Å². The maximum Gasteiger partial charge on any atom is 0.276 e. The van der Waals surface area contributed by atoms with Crippen LogP contribution in [0, 0.1) is 0 Å². The first-order valence-electron chi connectivity index (χ1n) is 5.10. The number of nitrogens with zero attached hydrogens (tertiary/aromatic N) is 2. The topological polar surface area (TPSA) is 66.1 Å². The van der Waals surface area contributed by atoms with Gasteiger partial charge < -0.3 is 4.98 Å². The Balaban J connectivity index is 2.19. The third-order valence-electron chi connectivity index (χ3n) is 2.38. The van der Waals surface area contributed by atoms with Gasteiger partial charge in [0.25, 0.3) is 10.0 Å². The summed E-state index contributed by atoms with van der Waals surface area (Å²) in [6.45, 7) is 0.323. The summed E-state index contributed by atoms with van der Waals surface area (Å²) in [6.07, 6.45) is 2.91. The number of hydrogen-bond donors (Lipinski definition) is 1. The van der Waals surface area contributed by atoms with Crippen molar-refractivity contribution in [2.75, 3.05) is 7.05 Å². The van der Waals surface area contributed by atoms with Gasteiger partial charge in [-0.05, 0) is 5.56 Å². The zero-order valence-electron chi connectivity index (χ0n) is 9.37. The third kappa shape index (κ3) is 2.54. The molecule has 2 aromatic rings. The van der Waals surface area contributed by atoms with Crippen LogP contribution < -0.4 is 0 Å². The predicted octanol–water partition coefficient (Wildman–Crippen LogP) is 1.23. The van der Waals surface area contributed by atoms with E-state index in [1.54, 1.807) is 0 Å². The van der Waals surface area contributed by atoms with Crippen molar-refractivity contribution in [1.29, 1.82) is 0 Å². The number of hydrogen-bond acceptors (Lipinski definition) is 3. The van der Waals surface area contributed by atoms with Gasteiger partial charge in [-0.1, -0.05) is 30.3 Å². The fourth-order valence-corrected chi connectivity index (χ4v) is 2.49. The minimum absolute atomic E-state index is 0.0315. The van der Waals surface area contributed by atoms with E-state index in [4.69, 9.17) is 0 Å². The Morgan fingerprint density at radius 2 is 2.00 bits per heavy atom. The van der Waals surface area contributed by atoms with E-state index in [-0.39, 0.29) is 5.16 Å². The fraction of sp³-hybridized carbons (Fsp3) is 0.182. The molecule has 0 saturated heterocycles. The Kier molecular flexibility index (Phi) is 3.26. The SMILES string of the molecule is CN(Cc1ccccc1)S(=O)(=O)c1ncc[nH]1. The number of H-pyrrole nitrogens is 1. The van der Waals surface area contributed by atoms with Crippen LogP contribution >= 0.6 is 0 Å². The van der Waals surface area contributed by atoms with Gasteiger partial charge >= 0.3 is 0 Å². The summed E-state index contributed by atoms with van der Waals surface area (Å²) >= 11 is 0. The van der Waals surface area contributed by atoms with Gasteiger partial charge in [-0.3, -0.25) is 0 Å². The lowest BCUT2D eigenvalue weighted by Crippen LogP contribution is -2.27. The van der Waals surface area contributed by atoms with Gasteiger partial charge in [0.15, 0.2) is 0 Å². The Hall–Kier alpha value is -1.66. The molecule has 0 aliphatic carbocycles. The molecule has 0 aliphatic rings. The molecule has 0 saturated carbocycles. The first-order chi connectivity index (χ1) is 8.10. The summed E-state index contributed by atoms with van der Waals surface area (Å²) in [5.41, 5.74) is 0.935. The highest BCUT2D eigenvalue weighted by molar-refractivity contribution is 7.88. The van der Waals surface area contributed by atoms with Crippen molar-refractivity contribution in [2.24, 2.45) is 0 Å². The van der Waals surface area contributed by atoms with Crippen LogP contribution in [0.25, 0.3) is 0 Å². The van der Waals surface area contributed by atoms with E-state index in [0.29, 0.717) is 6.54 Å². The average molecular weight is 251 g/mol. The highest BCUT2D eigenvalue weighted by Crippen LogP contribution is 2.12. The van der Waals surface area contributed by atoms with Crippen LogP contribution in [-0.2, 0) is 16.6 Å². The van der Waals surface area contributed by atoms with Crippen molar-refractivity contribution in [2.45, 2.75) is 11.7 Å². The van der Waals surface area contributed by atoms with Crippen LogP contribution in [-0.4, -0.2) is 29.7 Å². The summed E-state index contributed by atoms with van der Waals surface area (Å²) in [5, 5.41) is -0.0315. The standard InChI is InChI=1S/C11H13N3O2S/c1-14(9-10-5-3-2-4-6-10)17(15,16)11-12-7-8-13-11/h2-8H,9H2,1H3,(H,12,13). The van der Waals surface area contributed by atoms with Crippen molar-refractivity contribution < 1.29 is 8.42 Å². The summed E-state index contributed by atoms with van der Waals surface area (Å²) in [5.74, 6) is 0. The quantitative estimate of drug-likeness (QED) is 0.888. The van der Waals surface area contributed by atoms with Crippen molar-refractivity contribution in [3.8, 4) is 0 Å². The molecular weight excluding hydrogens is 238 g/mol. The van der Waals surface area contributed by atoms with Crippen LogP contribution in [0.4, 0.5) is 0 Å². The molecule has 0 radical (unpaired) electrons. The summed E-state index contributed by atoms with van der Waals surface area (Å²) in [7, 11) is -1.99. The maximum absolute atomic E-state index is 12.0. The van der Waals surface area contributed by atoms with Crippen molar-refractivity contribution in [3.63, 3.8) is 0 Å². The molecule has 1 heterocycles. The molecule has 0 unspecified atom stereocenters. The van der Waals surface area contributed by atoms with Gasteiger partial charge in [0.05, 0.1) is 0 Å². The number of nitrogens with one attached hydrogen (secondary N) is 1. The van der Waals surface area contributed by atoms with Gasteiger partial charge in [-0.15, -0.1) is 0 Å².